The molecule has 2 aromatic carbocycles. The summed E-state index contributed by atoms with van der Waals surface area (Å²) in [6, 6.07) is 16.5. The molecule has 0 radical (unpaired) electrons. The van der Waals surface area contributed by atoms with Crippen LogP contribution in [0.15, 0.2) is 59.0 Å². The molecular weight excluding hydrogens is 375 g/mol. The Morgan fingerprint density at radius 1 is 1.08 bits per heavy atom. The lowest BCUT2D eigenvalue weighted by molar-refractivity contribution is -0.384. The summed E-state index contributed by atoms with van der Waals surface area (Å²) in [5.74, 6) is 1.01. The lowest BCUT2D eigenvalue weighted by Gasteiger charge is -2.01. The van der Waals surface area contributed by atoms with Crippen LogP contribution in [0.25, 0.3) is 23.0 Å². The van der Waals surface area contributed by atoms with Gasteiger partial charge in [0.15, 0.2) is 0 Å². The van der Waals surface area contributed by atoms with Gasteiger partial charge in [-0.3, -0.25) is 10.1 Å². The van der Waals surface area contributed by atoms with Crippen LogP contribution in [0.2, 0.25) is 10.0 Å². The Balaban J connectivity index is 1.90. The molecule has 0 aliphatic heterocycles. The molecule has 0 amide bonds. The van der Waals surface area contributed by atoms with E-state index in [1.807, 2.05) is 0 Å². The van der Waals surface area contributed by atoms with Crippen LogP contribution >= 0.6 is 23.2 Å². The molecule has 3 rings (SSSR count). The molecule has 26 heavy (non-hydrogen) atoms. The highest BCUT2D eigenvalue weighted by molar-refractivity contribution is 6.42. The van der Waals surface area contributed by atoms with Crippen LogP contribution in [0.3, 0.4) is 0 Å². The molecule has 5 nitrogen and oxygen atoms in total. The second-order valence-electron chi connectivity index (χ2n) is 5.30. The van der Waals surface area contributed by atoms with E-state index in [-0.39, 0.29) is 5.69 Å². The van der Waals surface area contributed by atoms with E-state index < -0.39 is 4.92 Å². The van der Waals surface area contributed by atoms with Crippen LogP contribution in [0.5, 0.6) is 0 Å². The SMILES string of the molecule is N#C/C(=C\c1ccc(-c2ccc([N+](=O)[O-])cc2)o1)c1ccc(Cl)c(Cl)c1. The van der Waals surface area contributed by atoms with Crippen LogP contribution in [-0.4, -0.2) is 4.92 Å². The van der Waals surface area contributed by atoms with Crippen molar-refractivity contribution in [1.29, 1.82) is 5.26 Å². The molecule has 0 aliphatic carbocycles. The summed E-state index contributed by atoms with van der Waals surface area (Å²) in [4.78, 5) is 10.3. The average molecular weight is 385 g/mol. The fraction of sp³-hybridized carbons (Fsp3) is 0. The minimum atomic E-state index is -0.462. The molecule has 0 saturated carbocycles. The fourth-order valence-electron chi connectivity index (χ4n) is 2.32. The molecule has 0 aliphatic rings. The normalized spacial score (nSPS) is 11.2. The lowest BCUT2D eigenvalue weighted by atomic mass is 10.1. The zero-order valence-electron chi connectivity index (χ0n) is 13.1. The first-order valence-corrected chi connectivity index (χ1v) is 8.15. The number of benzene rings is 2. The fourth-order valence-corrected chi connectivity index (χ4v) is 2.62. The van der Waals surface area contributed by atoms with Gasteiger partial charge in [0.1, 0.15) is 11.5 Å². The van der Waals surface area contributed by atoms with E-state index >= 15 is 0 Å². The monoisotopic (exact) mass is 384 g/mol. The minimum Gasteiger partial charge on any atom is -0.457 e. The molecule has 1 aromatic heterocycles. The highest BCUT2D eigenvalue weighted by Crippen LogP contribution is 2.29. The van der Waals surface area contributed by atoms with Gasteiger partial charge in [0.25, 0.3) is 5.69 Å². The van der Waals surface area contributed by atoms with Crippen molar-refractivity contribution in [3.05, 3.63) is 86.1 Å². The molecule has 3 aromatic rings. The largest absolute Gasteiger partial charge is 0.457 e. The maximum absolute atomic E-state index is 10.7. The summed E-state index contributed by atoms with van der Waals surface area (Å²) in [5, 5.41) is 20.9. The standard InChI is InChI=1S/C19H10Cl2N2O3/c20-17-7-3-13(10-18(17)21)14(11-22)9-16-6-8-19(26-16)12-1-4-15(5-2-12)23(24)25/h1-10H/b14-9+. The topological polar surface area (TPSA) is 80.1 Å². The summed E-state index contributed by atoms with van der Waals surface area (Å²) < 4.78 is 5.72. The molecular formula is C19H10Cl2N2O3. The number of allylic oxidation sites excluding steroid dienone is 1. The van der Waals surface area contributed by atoms with Gasteiger partial charge in [0, 0.05) is 17.7 Å². The zero-order chi connectivity index (χ0) is 18.7. The van der Waals surface area contributed by atoms with Crippen LogP contribution in [0.1, 0.15) is 11.3 Å². The van der Waals surface area contributed by atoms with E-state index in [0.717, 1.165) is 0 Å². The Bertz CT molecular complexity index is 1050. The first kappa shape index (κ1) is 17.7. The maximum atomic E-state index is 10.7. The van der Waals surface area contributed by atoms with E-state index in [0.29, 0.717) is 38.3 Å². The number of non-ortho nitro benzene ring substituents is 1. The summed E-state index contributed by atoms with van der Waals surface area (Å²) in [7, 11) is 0. The number of rotatable bonds is 4. The second-order valence-corrected chi connectivity index (χ2v) is 6.12. The van der Waals surface area contributed by atoms with Gasteiger partial charge in [-0.05, 0) is 48.0 Å². The number of furan rings is 1. The summed E-state index contributed by atoms with van der Waals surface area (Å²) in [5.41, 5.74) is 1.69. The van der Waals surface area contributed by atoms with Crippen molar-refractivity contribution in [3.63, 3.8) is 0 Å². The third kappa shape index (κ3) is 3.77. The van der Waals surface area contributed by atoms with Gasteiger partial charge in [-0.15, -0.1) is 0 Å². The third-order valence-corrected chi connectivity index (χ3v) is 4.37. The van der Waals surface area contributed by atoms with Gasteiger partial charge in [-0.25, -0.2) is 0 Å². The Morgan fingerprint density at radius 3 is 2.42 bits per heavy atom. The van der Waals surface area contributed by atoms with Gasteiger partial charge in [0.05, 0.1) is 26.6 Å². The Morgan fingerprint density at radius 2 is 1.81 bits per heavy atom. The molecule has 0 N–H and O–H groups in total. The summed E-state index contributed by atoms with van der Waals surface area (Å²) >= 11 is 11.9. The quantitative estimate of drug-likeness (QED) is 0.303. The highest BCUT2D eigenvalue weighted by atomic mass is 35.5. The van der Waals surface area contributed by atoms with Gasteiger partial charge in [0.2, 0.25) is 0 Å². The Labute approximate surface area is 158 Å². The lowest BCUT2D eigenvalue weighted by Crippen LogP contribution is -1.86. The van der Waals surface area contributed by atoms with Crippen molar-refractivity contribution in [2.24, 2.45) is 0 Å². The van der Waals surface area contributed by atoms with E-state index in [4.69, 9.17) is 27.6 Å². The maximum Gasteiger partial charge on any atom is 0.269 e. The molecule has 0 spiro atoms. The van der Waals surface area contributed by atoms with Gasteiger partial charge in [-0.2, -0.15) is 5.26 Å². The first-order chi connectivity index (χ1) is 12.5. The zero-order valence-corrected chi connectivity index (χ0v) is 14.7. The highest BCUT2D eigenvalue weighted by Gasteiger charge is 2.10. The molecule has 7 heteroatoms. The van der Waals surface area contributed by atoms with Crippen molar-refractivity contribution in [3.8, 4) is 17.4 Å². The summed E-state index contributed by atoms with van der Waals surface area (Å²) in [6.45, 7) is 0. The minimum absolute atomic E-state index is 0.00630. The van der Waals surface area contributed by atoms with Gasteiger partial charge < -0.3 is 4.42 Å². The molecule has 0 fully saturated rings. The van der Waals surface area contributed by atoms with Gasteiger partial charge in [-0.1, -0.05) is 29.3 Å². The Hall–Kier alpha value is -3.07. The number of nitrogens with zero attached hydrogens (tertiary/aromatic N) is 2. The number of nitro groups is 1. The van der Waals surface area contributed by atoms with Crippen molar-refractivity contribution < 1.29 is 9.34 Å². The van der Waals surface area contributed by atoms with Gasteiger partial charge >= 0.3 is 0 Å². The second kappa shape index (κ2) is 7.44. The first-order valence-electron chi connectivity index (χ1n) is 7.40. The molecule has 0 atom stereocenters. The number of hydrogen-bond acceptors (Lipinski definition) is 4. The van der Waals surface area contributed by atoms with E-state index in [1.54, 1.807) is 48.5 Å². The molecule has 1 heterocycles. The smallest absolute Gasteiger partial charge is 0.269 e. The van der Waals surface area contributed by atoms with Crippen molar-refractivity contribution in [2.45, 2.75) is 0 Å². The van der Waals surface area contributed by atoms with Crippen LogP contribution in [0, 0.1) is 21.4 Å². The van der Waals surface area contributed by atoms with Crippen LogP contribution in [-0.2, 0) is 0 Å². The van der Waals surface area contributed by atoms with Crippen molar-refractivity contribution in [1.82, 2.24) is 0 Å². The van der Waals surface area contributed by atoms with Crippen LogP contribution < -0.4 is 0 Å². The predicted octanol–water partition coefficient (Wildman–Crippen LogP) is 6.23. The predicted molar refractivity (Wildman–Crippen MR) is 101 cm³/mol. The molecule has 0 unspecified atom stereocenters. The van der Waals surface area contributed by atoms with E-state index in [1.165, 1.54) is 12.1 Å². The number of halogens is 2. The average Bonchev–Trinajstić information content (AvgIpc) is 3.11. The van der Waals surface area contributed by atoms with Crippen molar-refractivity contribution in [2.75, 3.05) is 0 Å². The number of nitro benzene ring substituents is 1. The molecule has 128 valence electrons. The Kier molecular flexibility index (Phi) is 5.08. The van der Waals surface area contributed by atoms with E-state index in [2.05, 4.69) is 6.07 Å². The van der Waals surface area contributed by atoms with E-state index in [9.17, 15) is 15.4 Å². The summed E-state index contributed by atoms with van der Waals surface area (Å²) in [6.07, 6.45) is 1.59. The third-order valence-electron chi connectivity index (χ3n) is 3.63. The number of hydrogen-bond donors (Lipinski definition) is 0. The van der Waals surface area contributed by atoms with Crippen molar-refractivity contribution >= 4 is 40.5 Å². The van der Waals surface area contributed by atoms with Crippen LogP contribution in [0.4, 0.5) is 5.69 Å². The molecule has 0 saturated heterocycles. The molecule has 0 bridgehead atoms. The number of nitriles is 1.